The van der Waals surface area contributed by atoms with Crippen LogP contribution in [0.25, 0.3) is 10.1 Å². The summed E-state index contributed by atoms with van der Waals surface area (Å²) >= 11 is 11.3. The summed E-state index contributed by atoms with van der Waals surface area (Å²) in [5, 5.41) is 1.16. The molecule has 8 heteroatoms. The monoisotopic (exact) mass is 538 g/mol. The number of imide groups is 1. The molecule has 0 saturated carbocycles. The number of hydrogen-bond acceptors (Lipinski definition) is 4. The maximum atomic E-state index is 13.8. The predicted octanol–water partition coefficient (Wildman–Crippen LogP) is 6.53. The van der Waals surface area contributed by atoms with Crippen LogP contribution >= 0.6 is 38.9 Å². The molecule has 33 heavy (non-hydrogen) atoms. The predicted molar refractivity (Wildman–Crippen MR) is 134 cm³/mol. The Labute approximate surface area is 207 Å². The lowest BCUT2D eigenvalue weighted by Crippen LogP contribution is -2.44. The SMILES string of the molecule is Cc1ccc2c(Cl)c(C(=O)N(CN3C(=O)c4ccccc4C3=O)c3ccc(Br)cc3)sc2c1. The highest BCUT2D eigenvalue weighted by molar-refractivity contribution is 9.10. The fraction of sp³-hybridized carbons (Fsp3) is 0.0800. The minimum absolute atomic E-state index is 0.226. The van der Waals surface area contributed by atoms with Crippen molar-refractivity contribution in [3.8, 4) is 0 Å². The molecule has 4 aromatic rings. The smallest absolute Gasteiger partial charge is 0.271 e. The highest BCUT2D eigenvalue weighted by Crippen LogP contribution is 2.37. The minimum atomic E-state index is -0.427. The van der Waals surface area contributed by atoms with E-state index in [0.717, 1.165) is 25.0 Å². The van der Waals surface area contributed by atoms with Crippen LogP contribution in [0.1, 0.15) is 36.0 Å². The first-order valence-electron chi connectivity index (χ1n) is 10.1. The maximum absolute atomic E-state index is 13.8. The molecule has 0 atom stereocenters. The molecular weight excluding hydrogens is 524 g/mol. The van der Waals surface area contributed by atoms with E-state index in [2.05, 4.69) is 15.9 Å². The highest BCUT2D eigenvalue weighted by Gasteiger charge is 2.38. The van der Waals surface area contributed by atoms with Crippen molar-refractivity contribution in [1.82, 2.24) is 4.90 Å². The lowest BCUT2D eigenvalue weighted by atomic mass is 10.1. The van der Waals surface area contributed by atoms with Gasteiger partial charge in [0.05, 0.1) is 16.1 Å². The Hall–Kier alpha value is -3.00. The number of halogens is 2. The largest absolute Gasteiger partial charge is 0.289 e. The number of nitrogens with zero attached hydrogens (tertiary/aromatic N) is 2. The van der Waals surface area contributed by atoms with E-state index in [9.17, 15) is 14.4 Å². The van der Waals surface area contributed by atoms with Crippen LogP contribution in [0.4, 0.5) is 5.69 Å². The summed E-state index contributed by atoms with van der Waals surface area (Å²) in [5.74, 6) is -1.23. The van der Waals surface area contributed by atoms with Crippen molar-refractivity contribution in [2.45, 2.75) is 6.92 Å². The number of hydrogen-bond donors (Lipinski definition) is 0. The van der Waals surface area contributed by atoms with Gasteiger partial charge in [-0.2, -0.15) is 0 Å². The number of carbonyl (C=O) groups excluding carboxylic acids is 3. The van der Waals surface area contributed by atoms with Gasteiger partial charge in [-0.1, -0.05) is 51.8 Å². The van der Waals surface area contributed by atoms with E-state index in [4.69, 9.17) is 11.6 Å². The van der Waals surface area contributed by atoms with Crippen molar-refractivity contribution in [3.63, 3.8) is 0 Å². The van der Waals surface area contributed by atoms with Crippen LogP contribution in [0.15, 0.2) is 71.2 Å². The highest BCUT2D eigenvalue weighted by atomic mass is 79.9. The quantitative estimate of drug-likeness (QED) is 0.277. The molecule has 1 aliphatic rings. The van der Waals surface area contributed by atoms with E-state index < -0.39 is 11.8 Å². The van der Waals surface area contributed by atoms with E-state index >= 15 is 0 Å². The van der Waals surface area contributed by atoms with Crippen molar-refractivity contribution >= 4 is 72.4 Å². The normalized spacial score (nSPS) is 13.0. The number of aryl methyl sites for hydroxylation is 1. The Bertz CT molecular complexity index is 1410. The minimum Gasteiger partial charge on any atom is -0.289 e. The van der Waals surface area contributed by atoms with Gasteiger partial charge >= 0.3 is 0 Å². The summed E-state index contributed by atoms with van der Waals surface area (Å²) in [7, 11) is 0. The molecule has 1 aliphatic heterocycles. The molecular formula is C25H16BrClN2O3S. The second-order valence-electron chi connectivity index (χ2n) is 7.68. The van der Waals surface area contributed by atoms with Gasteiger partial charge in [0.25, 0.3) is 17.7 Å². The lowest BCUT2D eigenvalue weighted by Gasteiger charge is -2.27. The molecule has 0 fully saturated rings. The average molecular weight is 540 g/mol. The zero-order chi connectivity index (χ0) is 23.3. The summed E-state index contributed by atoms with van der Waals surface area (Å²) in [4.78, 5) is 42.6. The molecule has 0 spiro atoms. The van der Waals surface area contributed by atoms with Gasteiger partial charge in [0, 0.05) is 20.2 Å². The summed E-state index contributed by atoms with van der Waals surface area (Å²) < 4.78 is 1.74. The van der Waals surface area contributed by atoms with Gasteiger partial charge in [0.15, 0.2) is 0 Å². The molecule has 2 heterocycles. The molecule has 3 amide bonds. The van der Waals surface area contributed by atoms with E-state index in [-0.39, 0.29) is 12.6 Å². The van der Waals surface area contributed by atoms with Crippen LogP contribution in [-0.4, -0.2) is 29.3 Å². The number of fused-ring (bicyclic) bond motifs is 2. The van der Waals surface area contributed by atoms with Crippen molar-refractivity contribution in [2.24, 2.45) is 0 Å². The molecule has 0 radical (unpaired) electrons. The van der Waals surface area contributed by atoms with Crippen LogP contribution in [0.3, 0.4) is 0 Å². The maximum Gasteiger partial charge on any atom is 0.271 e. The fourth-order valence-electron chi connectivity index (χ4n) is 3.83. The third-order valence-electron chi connectivity index (χ3n) is 5.52. The van der Waals surface area contributed by atoms with E-state index in [1.807, 2.05) is 25.1 Å². The van der Waals surface area contributed by atoms with Crippen molar-refractivity contribution in [1.29, 1.82) is 0 Å². The van der Waals surface area contributed by atoms with Gasteiger partial charge in [-0.25, -0.2) is 0 Å². The topological polar surface area (TPSA) is 57.7 Å². The molecule has 5 nitrogen and oxygen atoms in total. The zero-order valence-corrected chi connectivity index (χ0v) is 20.5. The molecule has 0 saturated heterocycles. The summed E-state index contributed by atoms with van der Waals surface area (Å²) in [6.45, 7) is 1.75. The Morgan fingerprint density at radius 1 is 1.00 bits per heavy atom. The molecule has 0 N–H and O–H groups in total. The lowest BCUT2D eigenvalue weighted by molar-refractivity contribution is 0.0650. The molecule has 0 bridgehead atoms. The van der Waals surface area contributed by atoms with E-state index in [1.165, 1.54) is 16.2 Å². The van der Waals surface area contributed by atoms with Gasteiger partial charge in [-0.3, -0.25) is 24.2 Å². The van der Waals surface area contributed by atoms with Crippen molar-refractivity contribution < 1.29 is 14.4 Å². The number of anilines is 1. The van der Waals surface area contributed by atoms with Crippen LogP contribution in [0.2, 0.25) is 5.02 Å². The first kappa shape index (κ1) is 21.8. The number of rotatable bonds is 4. The fourth-order valence-corrected chi connectivity index (χ4v) is 5.65. The Kier molecular flexibility index (Phi) is 5.56. The van der Waals surface area contributed by atoms with Crippen LogP contribution in [0, 0.1) is 6.92 Å². The van der Waals surface area contributed by atoms with E-state index in [0.29, 0.717) is 26.7 Å². The van der Waals surface area contributed by atoms with Crippen molar-refractivity contribution in [3.05, 3.63) is 97.8 Å². The number of benzene rings is 3. The van der Waals surface area contributed by atoms with Crippen LogP contribution in [0.5, 0.6) is 0 Å². The summed E-state index contributed by atoms with van der Waals surface area (Å²) in [5.41, 5.74) is 2.28. The summed E-state index contributed by atoms with van der Waals surface area (Å²) in [6.07, 6.45) is 0. The van der Waals surface area contributed by atoms with Gasteiger partial charge in [-0.15, -0.1) is 11.3 Å². The average Bonchev–Trinajstić information content (AvgIpc) is 3.26. The number of carbonyl (C=O) groups is 3. The molecule has 1 aromatic heterocycles. The van der Waals surface area contributed by atoms with E-state index in [1.54, 1.807) is 48.5 Å². The van der Waals surface area contributed by atoms with Gasteiger partial charge in [0.1, 0.15) is 11.5 Å². The molecule has 5 rings (SSSR count). The first-order chi connectivity index (χ1) is 15.8. The molecule has 0 aliphatic carbocycles. The Morgan fingerprint density at radius 2 is 1.64 bits per heavy atom. The third-order valence-corrected chi connectivity index (χ3v) is 7.70. The van der Waals surface area contributed by atoms with Crippen LogP contribution < -0.4 is 4.90 Å². The van der Waals surface area contributed by atoms with Crippen molar-refractivity contribution in [2.75, 3.05) is 11.6 Å². The number of thiophene rings is 1. The second kappa shape index (κ2) is 8.41. The van der Waals surface area contributed by atoms with Crippen LogP contribution in [-0.2, 0) is 0 Å². The Morgan fingerprint density at radius 3 is 2.27 bits per heavy atom. The third kappa shape index (κ3) is 3.76. The standard InChI is InChI=1S/C25H16BrClN2O3S/c1-14-6-11-19-20(12-14)33-22(21(19)27)25(32)28(16-9-7-15(26)8-10-16)13-29-23(30)17-4-2-3-5-18(17)24(29)31/h2-12H,13H2,1H3. The molecule has 164 valence electrons. The Balaban J connectivity index is 1.57. The molecule has 0 unspecified atom stereocenters. The second-order valence-corrected chi connectivity index (χ2v) is 10.0. The summed E-state index contributed by atoms with van der Waals surface area (Å²) in [6, 6.07) is 19.6. The number of amides is 3. The van der Waals surface area contributed by atoms with Gasteiger partial charge in [-0.05, 0) is 55.0 Å². The zero-order valence-electron chi connectivity index (χ0n) is 17.3. The van der Waals surface area contributed by atoms with Gasteiger partial charge in [0.2, 0.25) is 0 Å². The van der Waals surface area contributed by atoms with Gasteiger partial charge < -0.3 is 0 Å². The molecule has 3 aromatic carbocycles. The first-order valence-corrected chi connectivity index (χ1v) is 12.0.